The van der Waals surface area contributed by atoms with Crippen molar-refractivity contribution in [3.8, 4) is 0 Å². The molecule has 8 heteroatoms. The number of piperazine rings is 1. The lowest BCUT2D eigenvalue weighted by molar-refractivity contribution is -0.138. The molecule has 1 atom stereocenters. The summed E-state index contributed by atoms with van der Waals surface area (Å²) in [5.41, 5.74) is 2.75. The fourth-order valence-electron chi connectivity index (χ4n) is 4.11. The number of carbonyl (C=O) groups is 2. The van der Waals surface area contributed by atoms with Crippen LogP contribution in [0.4, 0.5) is 10.1 Å². The summed E-state index contributed by atoms with van der Waals surface area (Å²) in [6, 6.07) is 11.8. The second-order valence-electron chi connectivity index (χ2n) is 8.48. The van der Waals surface area contributed by atoms with Crippen LogP contribution < -0.4 is 5.32 Å². The molecule has 1 heterocycles. The van der Waals surface area contributed by atoms with Crippen molar-refractivity contribution >= 4 is 29.1 Å². The summed E-state index contributed by atoms with van der Waals surface area (Å²) >= 11 is 6.15. The van der Waals surface area contributed by atoms with Crippen molar-refractivity contribution in [3.63, 3.8) is 0 Å². The molecule has 1 N–H and O–H groups in total. The molecule has 178 valence electrons. The topological polar surface area (TPSA) is 55.9 Å². The van der Waals surface area contributed by atoms with Crippen LogP contribution in [-0.2, 0) is 22.6 Å². The second kappa shape index (κ2) is 11.6. The summed E-state index contributed by atoms with van der Waals surface area (Å²) in [7, 11) is 1.66. The number of nitrogens with one attached hydrogen (secondary N) is 1. The molecule has 1 unspecified atom stereocenters. The van der Waals surface area contributed by atoms with Gasteiger partial charge >= 0.3 is 0 Å². The first-order valence-corrected chi connectivity index (χ1v) is 11.7. The van der Waals surface area contributed by atoms with E-state index in [0.29, 0.717) is 11.6 Å². The van der Waals surface area contributed by atoms with Gasteiger partial charge in [0.25, 0.3) is 0 Å². The third-order valence-electron chi connectivity index (χ3n) is 6.15. The van der Waals surface area contributed by atoms with Gasteiger partial charge in [-0.2, -0.15) is 0 Å². The number of aryl methyl sites for hydroxylation is 1. The summed E-state index contributed by atoms with van der Waals surface area (Å²) < 4.78 is 13.3. The van der Waals surface area contributed by atoms with Crippen molar-refractivity contribution in [2.45, 2.75) is 32.9 Å². The minimum Gasteiger partial charge on any atom is -0.335 e. The lowest BCUT2D eigenvalue weighted by atomic mass is 10.1. The molecule has 2 aromatic rings. The van der Waals surface area contributed by atoms with E-state index in [2.05, 4.69) is 15.1 Å². The molecule has 1 aliphatic rings. The van der Waals surface area contributed by atoms with Gasteiger partial charge in [0, 0.05) is 50.5 Å². The number of anilines is 1. The van der Waals surface area contributed by atoms with Gasteiger partial charge in [-0.15, -0.1) is 0 Å². The van der Waals surface area contributed by atoms with Crippen molar-refractivity contribution in [2.24, 2.45) is 0 Å². The molecule has 0 radical (unpaired) electrons. The average Bonchev–Trinajstić information content (AvgIpc) is 2.80. The Labute approximate surface area is 200 Å². The van der Waals surface area contributed by atoms with Gasteiger partial charge in [-0.3, -0.25) is 19.4 Å². The van der Waals surface area contributed by atoms with Gasteiger partial charge in [0.05, 0.1) is 12.6 Å². The minimum absolute atomic E-state index is 0.00422. The van der Waals surface area contributed by atoms with E-state index in [9.17, 15) is 14.0 Å². The highest BCUT2D eigenvalue weighted by atomic mass is 35.5. The number of likely N-dealkylation sites (N-methyl/N-ethyl adjacent to an activating group) is 1. The van der Waals surface area contributed by atoms with E-state index in [4.69, 9.17) is 11.6 Å². The number of benzene rings is 2. The van der Waals surface area contributed by atoms with E-state index < -0.39 is 0 Å². The zero-order valence-corrected chi connectivity index (χ0v) is 20.2. The number of rotatable bonds is 8. The van der Waals surface area contributed by atoms with Crippen molar-refractivity contribution < 1.29 is 14.0 Å². The maximum Gasteiger partial charge on any atom is 0.243 e. The fraction of sp³-hybridized carbons (Fsp3) is 0.440. The van der Waals surface area contributed by atoms with E-state index in [0.717, 1.165) is 49.4 Å². The molecule has 1 fully saturated rings. The number of carbonyl (C=O) groups excluding carboxylic acids is 2. The van der Waals surface area contributed by atoms with Crippen LogP contribution >= 0.6 is 11.6 Å². The van der Waals surface area contributed by atoms with Crippen molar-refractivity contribution in [1.29, 1.82) is 0 Å². The Morgan fingerprint density at radius 3 is 2.48 bits per heavy atom. The largest absolute Gasteiger partial charge is 0.335 e. The number of nitrogens with zero attached hydrogens (tertiary/aromatic N) is 3. The normalized spacial score (nSPS) is 15.8. The van der Waals surface area contributed by atoms with E-state index in [-0.39, 0.29) is 30.2 Å². The number of amides is 2. The molecule has 2 aromatic carbocycles. The van der Waals surface area contributed by atoms with Crippen molar-refractivity contribution in [3.05, 3.63) is 64.4 Å². The van der Waals surface area contributed by atoms with Crippen LogP contribution in [0, 0.1) is 5.82 Å². The van der Waals surface area contributed by atoms with Gasteiger partial charge in [-0.1, -0.05) is 42.8 Å². The zero-order valence-electron chi connectivity index (χ0n) is 19.5. The Morgan fingerprint density at radius 2 is 1.82 bits per heavy atom. The van der Waals surface area contributed by atoms with Crippen LogP contribution in [0.2, 0.25) is 5.02 Å². The molecule has 0 bridgehead atoms. The molecule has 1 aliphatic heterocycles. The van der Waals surface area contributed by atoms with Crippen LogP contribution in [0.25, 0.3) is 0 Å². The molecule has 0 spiro atoms. The highest BCUT2D eigenvalue weighted by Crippen LogP contribution is 2.20. The van der Waals surface area contributed by atoms with Gasteiger partial charge < -0.3 is 10.2 Å². The highest BCUT2D eigenvalue weighted by molar-refractivity contribution is 6.31. The Kier molecular flexibility index (Phi) is 8.83. The second-order valence-corrected chi connectivity index (χ2v) is 8.88. The number of hydrogen-bond acceptors (Lipinski definition) is 4. The van der Waals surface area contributed by atoms with Gasteiger partial charge in [0.2, 0.25) is 11.8 Å². The molecule has 2 amide bonds. The first kappa shape index (κ1) is 25.1. The standard InChI is InChI=1S/C25H32ClFN4O2/c1-4-19-7-5-6-8-23(19)28-24(32)17-29(3)25(33)18(2)31-13-11-30(12-14-31)16-20-9-10-21(27)15-22(20)26/h5-10,15,18H,4,11-14,16-17H2,1-3H3,(H,28,32). The Hall–Kier alpha value is -2.48. The van der Waals surface area contributed by atoms with E-state index in [1.807, 2.05) is 38.1 Å². The SMILES string of the molecule is CCc1ccccc1NC(=O)CN(C)C(=O)C(C)N1CCN(Cc2ccc(F)cc2Cl)CC1. The Morgan fingerprint density at radius 1 is 1.12 bits per heavy atom. The van der Waals surface area contributed by atoms with Gasteiger partial charge in [0.15, 0.2) is 0 Å². The van der Waals surface area contributed by atoms with E-state index >= 15 is 0 Å². The monoisotopic (exact) mass is 474 g/mol. The molecular formula is C25H32ClFN4O2. The predicted molar refractivity (Wildman–Crippen MR) is 130 cm³/mol. The third kappa shape index (κ3) is 6.76. The maximum absolute atomic E-state index is 13.3. The number of halogens is 2. The molecule has 0 saturated carbocycles. The predicted octanol–water partition coefficient (Wildman–Crippen LogP) is 3.64. The Bertz CT molecular complexity index is 979. The summed E-state index contributed by atoms with van der Waals surface area (Å²) in [5.74, 6) is -0.628. The van der Waals surface area contributed by atoms with E-state index in [1.54, 1.807) is 13.1 Å². The van der Waals surface area contributed by atoms with Crippen LogP contribution in [-0.4, -0.2) is 72.3 Å². The zero-order chi connectivity index (χ0) is 24.0. The van der Waals surface area contributed by atoms with Crippen LogP contribution in [0.1, 0.15) is 25.0 Å². The van der Waals surface area contributed by atoms with Crippen molar-refractivity contribution in [1.82, 2.24) is 14.7 Å². The quantitative estimate of drug-likeness (QED) is 0.634. The van der Waals surface area contributed by atoms with Gasteiger partial charge in [-0.05, 0) is 42.7 Å². The number of para-hydroxylation sites is 1. The van der Waals surface area contributed by atoms with Gasteiger partial charge in [0.1, 0.15) is 5.82 Å². The molecule has 0 aliphatic carbocycles. The highest BCUT2D eigenvalue weighted by Gasteiger charge is 2.28. The molecule has 6 nitrogen and oxygen atoms in total. The first-order valence-electron chi connectivity index (χ1n) is 11.3. The summed E-state index contributed by atoms with van der Waals surface area (Å²) in [6.07, 6.45) is 0.821. The molecule has 33 heavy (non-hydrogen) atoms. The minimum atomic E-state index is -0.340. The van der Waals surface area contributed by atoms with Crippen LogP contribution in [0.5, 0.6) is 0 Å². The summed E-state index contributed by atoms with van der Waals surface area (Å²) in [6.45, 7) is 7.60. The maximum atomic E-state index is 13.3. The summed E-state index contributed by atoms with van der Waals surface area (Å²) in [4.78, 5) is 31.3. The number of hydrogen-bond donors (Lipinski definition) is 1. The smallest absolute Gasteiger partial charge is 0.243 e. The Balaban J connectivity index is 1.48. The molecule has 1 saturated heterocycles. The summed E-state index contributed by atoms with van der Waals surface area (Å²) in [5, 5.41) is 3.35. The lowest BCUT2D eigenvalue weighted by Crippen LogP contribution is -2.54. The molecule has 3 rings (SSSR count). The molecular weight excluding hydrogens is 443 g/mol. The average molecular weight is 475 g/mol. The van der Waals surface area contributed by atoms with Crippen molar-refractivity contribution in [2.75, 3.05) is 45.1 Å². The van der Waals surface area contributed by atoms with Crippen LogP contribution in [0.15, 0.2) is 42.5 Å². The van der Waals surface area contributed by atoms with Crippen LogP contribution in [0.3, 0.4) is 0 Å². The van der Waals surface area contributed by atoms with E-state index in [1.165, 1.54) is 17.0 Å². The van der Waals surface area contributed by atoms with Gasteiger partial charge in [-0.25, -0.2) is 4.39 Å². The fourth-order valence-corrected chi connectivity index (χ4v) is 4.34. The first-order chi connectivity index (χ1) is 15.8. The lowest BCUT2D eigenvalue weighted by Gasteiger charge is -2.38. The third-order valence-corrected chi connectivity index (χ3v) is 6.50. The molecule has 0 aromatic heterocycles.